The van der Waals surface area contributed by atoms with Crippen molar-refractivity contribution in [3.8, 4) is 11.4 Å². The largest absolute Gasteiger partial charge is 0.465 e. The molecule has 0 atom stereocenters. The molecule has 0 saturated heterocycles. The average Bonchev–Trinajstić information content (AvgIpc) is 3.16. The fourth-order valence-corrected chi connectivity index (χ4v) is 2.43. The second-order valence-corrected chi connectivity index (χ2v) is 6.51. The topological polar surface area (TPSA) is 98.2 Å². The minimum atomic E-state index is -3.30. The molecular formula is C15H13N3O4S. The van der Waals surface area contributed by atoms with Crippen LogP contribution in [0, 0.1) is 0 Å². The van der Waals surface area contributed by atoms with E-state index in [2.05, 4.69) is 14.9 Å². The molecule has 23 heavy (non-hydrogen) atoms. The van der Waals surface area contributed by atoms with Gasteiger partial charge in [-0.05, 0) is 42.5 Å². The van der Waals surface area contributed by atoms with Gasteiger partial charge in [-0.15, -0.1) is 0 Å². The van der Waals surface area contributed by atoms with Crippen molar-refractivity contribution in [1.82, 2.24) is 10.1 Å². The second kappa shape index (κ2) is 6.09. The minimum absolute atomic E-state index is 0.342. The lowest BCUT2D eigenvalue weighted by Gasteiger charge is -2.03. The van der Waals surface area contributed by atoms with Gasteiger partial charge in [-0.1, -0.05) is 5.16 Å². The van der Waals surface area contributed by atoms with E-state index in [9.17, 15) is 8.42 Å². The van der Waals surface area contributed by atoms with E-state index in [0.717, 1.165) is 6.26 Å². The summed E-state index contributed by atoms with van der Waals surface area (Å²) in [6.07, 6.45) is 6.04. The molecule has 0 amide bonds. The maximum Gasteiger partial charge on any atom is 0.251 e. The zero-order valence-corrected chi connectivity index (χ0v) is 12.9. The van der Waals surface area contributed by atoms with Crippen LogP contribution in [-0.4, -0.2) is 24.8 Å². The van der Waals surface area contributed by atoms with Crippen LogP contribution < -0.4 is 4.72 Å². The predicted molar refractivity (Wildman–Crippen MR) is 85.8 cm³/mol. The van der Waals surface area contributed by atoms with Crippen LogP contribution in [-0.2, 0) is 10.0 Å². The molecular weight excluding hydrogens is 318 g/mol. The Hall–Kier alpha value is -2.87. The van der Waals surface area contributed by atoms with E-state index in [-0.39, 0.29) is 0 Å². The SMILES string of the molecule is CS(=O)(=O)Nc1ccc(-c2noc(C=Cc3ccco3)n2)cc1. The lowest BCUT2D eigenvalue weighted by molar-refractivity contribution is 0.411. The summed E-state index contributed by atoms with van der Waals surface area (Å²) in [5, 5.41) is 3.88. The first kappa shape index (κ1) is 15.0. The number of hydrogen-bond acceptors (Lipinski definition) is 6. The highest BCUT2D eigenvalue weighted by Gasteiger charge is 2.08. The molecule has 3 rings (SSSR count). The number of anilines is 1. The molecule has 0 bridgehead atoms. The predicted octanol–water partition coefficient (Wildman–Crippen LogP) is 2.87. The van der Waals surface area contributed by atoms with Gasteiger partial charge in [0.05, 0.1) is 12.5 Å². The number of rotatable bonds is 5. The Morgan fingerprint density at radius 2 is 1.91 bits per heavy atom. The van der Waals surface area contributed by atoms with Gasteiger partial charge in [-0.3, -0.25) is 4.72 Å². The molecule has 8 heteroatoms. The summed E-state index contributed by atoms with van der Waals surface area (Å²) in [4.78, 5) is 4.24. The summed E-state index contributed by atoms with van der Waals surface area (Å²) < 4.78 is 35.0. The van der Waals surface area contributed by atoms with Crippen LogP contribution in [0.5, 0.6) is 0 Å². The molecule has 0 aliphatic heterocycles. The Morgan fingerprint density at radius 1 is 1.13 bits per heavy atom. The highest BCUT2D eigenvalue weighted by molar-refractivity contribution is 7.92. The van der Waals surface area contributed by atoms with Crippen molar-refractivity contribution >= 4 is 27.9 Å². The van der Waals surface area contributed by atoms with E-state index in [0.29, 0.717) is 28.7 Å². The minimum Gasteiger partial charge on any atom is -0.465 e. The van der Waals surface area contributed by atoms with Crippen LogP contribution in [0.2, 0.25) is 0 Å². The summed E-state index contributed by atoms with van der Waals surface area (Å²) in [5.41, 5.74) is 1.18. The zero-order valence-electron chi connectivity index (χ0n) is 12.1. The monoisotopic (exact) mass is 331 g/mol. The van der Waals surface area contributed by atoms with Gasteiger partial charge in [0.1, 0.15) is 5.76 Å². The number of aromatic nitrogens is 2. The van der Waals surface area contributed by atoms with Gasteiger partial charge in [0.15, 0.2) is 0 Å². The Morgan fingerprint density at radius 3 is 2.57 bits per heavy atom. The standard InChI is InChI=1S/C15H13N3O4S/c1-23(19,20)18-12-6-4-11(5-7-12)15-16-14(22-17-15)9-8-13-3-2-10-21-13/h2-10,18H,1H3. The van der Waals surface area contributed by atoms with E-state index >= 15 is 0 Å². The van der Waals surface area contributed by atoms with Gasteiger partial charge < -0.3 is 8.94 Å². The van der Waals surface area contributed by atoms with E-state index in [1.807, 2.05) is 0 Å². The zero-order chi connectivity index (χ0) is 16.3. The molecule has 3 aromatic rings. The Balaban J connectivity index is 1.75. The summed E-state index contributed by atoms with van der Waals surface area (Å²) in [5.74, 6) is 1.44. The van der Waals surface area contributed by atoms with Crippen molar-refractivity contribution < 1.29 is 17.4 Å². The van der Waals surface area contributed by atoms with Crippen LogP contribution in [0.3, 0.4) is 0 Å². The third kappa shape index (κ3) is 4.07. The van der Waals surface area contributed by atoms with Crippen LogP contribution in [0.25, 0.3) is 23.5 Å². The molecule has 2 aromatic heterocycles. The first-order valence-corrected chi connectivity index (χ1v) is 8.52. The van der Waals surface area contributed by atoms with Crippen molar-refractivity contribution in [2.45, 2.75) is 0 Å². The third-order valence-corrected chi connectivity index (χ3v) is 3.43. The number of sulfonamides is 1. The van der Waals surface area contributed by atoms with Crippen molar-refractivity contribution in [2.24, 2.45) is 0 Å². The number of nitrogens with zero attached hydrogens (tertiary/aromatic N) is 2. The summed E-state index contributed by atoms with van der Waals surface area (Å²) in [6, 6.07) is 10.3. The van der Waals surface area contributed by atoms with Gasteiger partial charge in [-0.25, -0.2) is 8.42 Å². The van der Waals surface area contributed by atoms with Gasteiger partial charge in [0.2, 0.25) is 15.8 Å². The molecule has 118 valence electrons. The van der Waals surface area contributed by atoms with Crippen molar-refractivity contribution in [3.63, 3.8) is 0 Å². The third-order valence-electron chi connectivity index (χ3n) is 2.82. The van der Waals surface area contributed by atoms with Crippen molar-refractivity contribution in [3.05, 3.63) is 54.3 Å². The Labute approximate surface area is 132 Å². The molecule has 1 N–H and O–H groups in total. The quantitative estimate of drug-likeness (QED) is 0.772. The van der Waals surface area contributed by atoms with Crippen LogP contribution in [0.4, 0.5) is 5.69 Å². The van der Waals surface area contributed by atoms with E-state index in [4.69, 9.17) is 8.94 Å². The molecule has 0 unspecified atom stereocenters. The number of hydrogen-bond donors (Lipinski definition) is 1. The molecule has 0 aliphatic carbocycles. The number of benzene rings is 1. The maximum atomic E-state index is 11.2. The highest BCUT2D eigenvalue weighted by atomic mass is 32.2. The number of furan rings is 1. The van der Waals surface area contributed by atoms with Gasteiger partial charge in [0, 0.05) is 17.3 Å². The molecule has 0 saturated carbocycles. The fourth-order valence-electron chi connectivity index (χ4n) is 1.86. The Bertz CT molecular complexity index is 910. The molecule has 0 radical (unpaired) electrons. The normalized spacial score (nSPS) is 11.9. The molecule has 7 nitrogen and oxygen atoms in total. The average molecular weight is 331 g/mol. The van der Waals surface area contributed by atoms with E-state index < -0.39 is 10.0 Å². The first-order valence-electron chi connectivity index (χ1n) is 6.63. The first-order chi connectivity index (χ1) is 11.0. The molecule has 2 heterocycles. The molecule has 0 aliphatic rings. The van der Waals surface area contributed by atoms with Crippen molar-refractivity contribution in [2.75, 3.05) is 11.0 Å². The highest BCUT2D eigenvalue weighted by Crippen LogP contribution is 2.20. The van der Waals surface area contributed by atoms with Crippen molar-refractivity contribution in [1.29, 1.82) is 0 Å². The summed E-state index contributed by atoms with van der Waals surface area (Å²) >= 11 is 0. The van der Waals surface area contributed by atoms with Crippen LogP contribution in [0.1, 0.15) is 11.7 Å². The van der Waals surface area contributed by atoms with Gasteiger partial charge >= 0.3 is 0 Å². The second-order valence-electron chi connectivity index (χ2n) is 4.76. The lowest BCUT2D eigenvalue weighted by atomic mass is 10.2. The molecule has 0 fully saturated rings. The molecule has 0 spiro atoms. The Kier molecular flexibility index (Phi) is 3.98. The number of nitrogens with one attached hydrogen (secondary N) is 1. The summed E-state index contributed by atoms with van der Waals surface area (Å²) in [7, 11) is -3.30. The fraction of sp³-hybridized carbons (Fsp3) is 0.0667. The summed E-state index contributed by atoms with van der Waals surface area (Å²) in [6.45, 7) is 0. The van der Waals surface area contributed by atoms with E-state index in [1.54, 1.807) is 54.8 Å². The lowest BCUT2D eigenvalue weighted by Crippen LogP contribution is -2.09. The molecule has 1 aromatic carbocycles. The van der Waals surface area contributed by atoms with E-state index in [1.165, 1.54) is 0 Å². The smallest absolute Gasteiger partial charge is 0.251 e. The van der Waals surface area contributed by atoms with Crippen LogP contribution in [0.15, 0.2) is 51.6 Å². The van der Waals surface area contributed by atoms with Crippen LogP contribution >= 0.6 is 0 Å². The van der Waals surface area contributed by atoms with Gasteiger partial charge in [0.25, 0.3) is 5.89 Å². The maximum absolute atomic E-state index is 11.2. The van der Waals surface area contributed by atoms with Gasteiger partial charge in [-0.2, -0.15) is 4.98 Å².